The maximum Gasteiger partial charge on any atom is 0.227 e. The van der Waals surface area contributed by atoms with Crippen LogP contribution in [0.5, 0.6) is 0 Å². The van der Waals surface area contributed by atoms with E-state index in [2.05, 4.69) is 43.0 Å². The highest BCUT2D eigenvalue weighted by Gasteiger charge is 2.00. The maximum absolute atomic E-state index is 8.72. The van der Waals surface area contributed by atoms with E-state index in [-0.39, 0.29) is 6.61 Å². The average molecular weight is 345 g/mol. The normalized spacial score (nSPS) is 10.5. The molecule has 0 aromatic carbocycles. The molecule has 90 valence electrons. The Balaban J connectivity index is 1.98. The van der Waals surface area contributed by atoms with Gasteiger partial charge in [0.15, 0.2) is 0 Å². The number of hydrogen-bond acceptors (Lipinski definition) is 5. The van der Waals surface area contributed by atoms with Crippen molar-refractivity contribution in [3.63, 3.8) is 0 Å². The van der Waals surface area contributed by atoms with Crippen LogP contribution in [0.3, 0.4) is 0 Å². The van der Waals surface area contributed by atoms with E-state index < -0.39 is 0 Å². The molecule has 6 nitrogen and oxygen atoms in total. The van der Waals surface area contributed by atoms with Crippen LogP contribution in [0.15, 0.2) is 24.8 Å². The number of nitrogens with one attached hydrogen (secondary N) is 1. The van der Waals surface area contributed by atoms with Crippen LogP contribution in [0, 0.1) is 3.57 Å². The van der Waals surface area contributed by atoms with Crippen LogP contribution in [0.25, 0.3) is 0 Å². The third-order valence-corrected chi connectivity index (χ3v) is 2.61. The molecule has 0 aliphatic heterocycles. The van der Waals surface area contributed by atoms with Crippen LogP contribution in [0.4, 0.5) is 11.6 Å². The fourth-order valence-corrected chi connectivity index (χ4v) is 1.57. The van der Waals surface area contributed by atoms with E-state index in [1.165, 1.54) is 0 Å². The summed E-state index contributed by atoms with van der Waals surface area (Å²) in [5.74, 6) is 0.548. The number of halogens is 1. The standard InChI is InChI=1S/C10H12IN5O/c11-8-4-12-10(13-5-8)15-9-6-14-16(7-9)2-1-3-17/h4-7,17H,1-3H2,(H,12,13,15). The van der Waals surface area contributed by atoms with Gasteiger partial charge in [-0.25, -0.2) is 9.97 Å². The second-order valence-corrected chi connectivity index (χ2v) is 4.66. The lowest BCUT2D eigenvalue weighted by Crippen LogP contribution is -2.00. The number of aliphatic hydroxyl groups excluding tert-OH is 1. The highest BCUT2D eigenvalue weighted by Crippen LogP contribution is 2.11. The third-order valence-electron chi connectivity index (χ3n) is 2.06. The zero-order chi connectivity index (χ0) is 12.1. The summed E-state index contributed by atoms with van der Waals surface area (Å²) in [5, 5.41) is 15.9. The first-order valence-corrected chi connectivity index (χ1v) is 6.23. The first-order chi connectivity index (χ1) is 8.28. The van der Waals surface area contributed by atoms with Crippen LogP contribution in [-0.4, -0.2) is 31.5 Å². The van der Waals surface area contributed by atoms with Gasteiger partial charge in [0.1, 0.15) is 0 Å². The van der Waals surface area contributed by atoms with Gasteiger partial charge in [0, 0.05) is 35.3 Å². The van der Waals surface area contributed by atoms with E-state index in [1.807, 2.05) is 6.20 Å². The first-order valence-electron chi connectivity index (χ1n) is 5.16. The van der Waals surface area contributed by atoms with Crippen molar-refractivity contribution in [2.45, 2.75) is 13.0 Å². The van der Waals surface area contributed by atoms with E-state index in [1.54, 1.807) is 23.3 Å². The zero-order valence-electron chi connectivity index (χ0n) is 9.04. The number of aliphatic hydroxyl groups is 1. The SMILES string of the molecule is OCCCn1cc(Nc2ncc(I)cn2)cn1. The molecule has 2 aromatic heterocycles. The first kappa shape index (κ1) is 12.2. The molecule has 2 rings (SSSR count). The summed E-state index contributed by atoms with van der Waals surface area (Å²) in [6.45, 7) is 0.870. The van der Waals surface area contributed by atoms with Gasteiger partial charge in [-0.3, -0.25) is 4.68 Å². The molecular formula is C10H12IN5O. The van der Waals surface area contributed by atoms with Gasteiger partial charge in [-0.15, -0.1) is 0 Å². The smallest absolute Gasteiger partial charge is 0.227 e. The summed E-state index contributed by atoms with van der Waals surface area (Å²) < 4.78 is 2.76. The lowest BCUT2D eigenvalue weighted by Gasteiger charge is -2.00. The van der Waals surface area contributed by atoms with Crippen molar-refractivity contribution in [1.29, 1.82) is 0 Å². The van der Waals surface area contributed by atoms with E-state index in [9.17, 15) is 0 Å². The molecule has 0 unspecified atom stereocenters. The van der Waals surface area contributed by atoms with Gasteiger partial charge in [-0.2, -0.15) is 5.10 Å². The predicted octanol–water partition coefficient (Wildman–Crippen LogP) is 1.40. The molecule has 0 amide bonds. The topological polar surface area (TPSA) is 75.9 Å². The number of anilines is 2. The second-order valence-electron chi connectivity index (χ2n) is 3.42. The van der Waals surface area contributed by atoms with Gasteiger partial charge in [-0.05, 0) is 29.0 Å². The Hall–Kier alpha value is -1.22. The number of hydrogen-bond donors (Lipinski definition) is 2. The molecule has 2 N–H and O–H groups in total. The fraction of sp³-hybridized carbons (Fsp3) is 0.300. The van der Waals surface area contributed by atoms with Crippen molar-refractivity contribution in [3.05, 3.63) is 28.4 Å². The second kappa shape index (κ2) is 5.92. The summed E-state index contributed by atoms with van der Waals surface area (Å²) >= 11 is 2.15. The molecule has 0 spiro atoms. The van der Waals surface area contributed by atoms with Crippen molar-refractivity contribution in [1.82, 2.24) is 19.7 Å². The molecule has 0 saturated heterocycles. The van der Waals surface area contributed by atoms with Crippen molar-refractivity contribution in [2.75, 3.05) is 11.9 Å². The van der Waals surface area contributed by atoms with Crippen molar-refractivity contribution >= 4 is 34.2 Å². The molecule has 2 heterocycles. The monoisotopic (exact) mass is 345 g/mol. The van der Waals surface area contributed by atoms with Crippen LogP contribution in [0.1, 0.15) is 6.42 Å². The third kappa shape index (κ3) is 3.63. The highest BCUT2D eigenvalue weighted by molar-refractivity contribution is 14.1. The molecular weight excluding hydrogens is 333 g/mol. The lowest BCUT2D eigenvalue weighted by atomic mass is 10.4. The van der Waals surface area contributed by atoms with Crippen molar-refractivity contribution < 1.29 is 5.11 Å². The number of aromatic nitrogens is 4. The summed E-state index contributed by atoms with van der Waals surface area (Å²) in [6, 6.07) is 0. The van der Waals surface area contributed by atoms with Gasteiger partial charge >= 0.3 is 0 Å². The molecule has 0 atom stereocenters. The molecule has 0 bridgehead atoms. The average Bonchev–Trinajstić information content (AvgIpc) is 2.77. The summed E-state index contributed by atoms with van der Waals surface area (Å²) in [4.78, 5) is 8.28. The van der Waals surface area contributed by atoms with Crippen molar-refractivity contribution in [3.8, 4) is 0 Å². The predicted molar refractivity (Wildman–Crippen MR) is 72.0 cm³/mol. The molecule has 2 aromatic rings. The minimum atomic E-state index is 0.169. The zero-order valence-corrected chi connectivity index (χ0v) is 11.2. The molecule has 0 fully saturated rings. The molecule has 7 heteroatoms. The molecule has 0 saturated carbocycles. The van der Waals surface area contributed by atoms with E-state index in [0.29, 0.717) is 18.9 Å². The van der Waals surface area contributed by atoms with Gasteiger partial charge in [0.25, 0.3) is 0 Å². The van der Waals surface area contributed by atoms with E-state index in [0.717, 1.165) is 9.26 Å². The quantitative estimate of drug-likeness (QED) is 0.802. The van der Waals surface area contributed by atoms with Gasteiger partial charge in [0.05, 0.1) is 11.9 Å². The van der Waals surface area contributed by atoms with E-state index in [4.69, 9.17) is 5.11 Å². The van der Waals surface area contributed by atoms with Crippen molar-refractivity contribution in [2.24, 2.45) is 0 Å². The molecule has 0 aliphatic rings. The lowest BCUT2D eigenvalue weighted by molar-refractivity contribution is 0.277. The van der Waals surface area contributed by atoms with Crippen LogP contribution < -0.4 is 5.32 Å². The summed E-state index contributed by atoms with van der Waals surface area (Å²) in [5.41, 5.74) is 0.837. The Bertz CT molecular complexity index is 470. The van der Waals surface area contributed by atoms with Gasteiger partial charge < -0.3 is 10.4 Å². The van der Waals surface area contributed by atoms with Gasteiger partial charge in [0.2, 0.25) is 5.95 Å². The Morgan fingerprint density at radius 3 is 2.76 bits per heavy atom. The Morgan fingerprint density at radius 2 is 2.06 bits per heavy atom. The highest BCUT2D eigenvalue weighted by atomic mass is 127. The Kier molecular flexibility index (Phi) is 4.26. The Labute approximate surface area is 112 Å². The van der Waals surface area contributed by atoms with Crippen LogP contribution in [0.2, 0.25) is 0 Å². The van der Waals surface area contributed by atoms with Gasteiger partial charge in [-0.1, -0.05) is 0 Å². The minimum absolute atomic E-state index is 0.169. The molecule has 17 heavy (non-hydrogen) atoms. The summed E-state index contributed by atoms with van der Waals surface area (Å²) in [6.07, 6.45) is 7.75. The number of rotatable bonds is 5. The fourth-order valence-electron chi connectivity index (χ4n) is 1.29. The minimum Gasteiger partial charge on any atom is -0.396 e. The van der Waals surface area contributed by atoms with Crippen LogP contribution in [-0.2, 0) is 6.54 Å². The Morgan fingerprint density at radius 1 is 1.29 bits per heavy atom. The summed E-state index contributed by atoms with van der Waals surface area (Å²) in [7, 11) is 0. The maximum atomic E-state index is 8.72. The number of aryl methyl sites for hydroxylation is 1. The van der Waals surface area contributed by atoms with Crippen LogP contribution >= 0.6 is 22.6 Å². The molecule has 0 aliphatic carbocycles. The van der Waals surface area contributed by atoms with E-state index >= 15 is 0 Å². The number of nitrogens with zero attached hydrogens (tertiary/aromatic N) is 4. The molecule has 0 radical (unpaired) electrons. The largest absolute Gasteiger partial charge is 0.396 e.